The van der Waals surface area contributed by atoms with Crippen LogP contribution in [0.25, 0.3) is 0 Å². The highest BCUT2D eigenvalue weighted by Gasteiger charge is 2.27. The third kappa shape index (κ3) is 2.40. The zero-order valence-corrected chi connectivity index (χ0v) is 10.8. The van der Waals surface area contributed by atoms with Crippen molar-refractivity contribution in [2.75, 3.05) is 5.73 Å². The van der Waals surface area contributed by atoms with Gasteiger partial charge in [0.25, 0.3) is 0 Å². The molecule has 0 bridgehead atoms. The van der Waals surface area contributed by atoms with Crippen molar-refractivity contribution >= 4 is 11.8 Å². The van der Waals surface area contributed by atoms with E-state index in [1.54, 1.807) is 0 Å². The summed E-state index contributed by atoms with van der Waals surface area (Å²) in [5.41, 5.74) is 6.19. The number of nitrogen functional groups attached to an aromatic ring is 1. The minimum absolute atomic E-state index is 0.0125. The van der Waals surface area contributed by atoms with Crippen LogP contribution in [-0.2, 0) is 5.41 Å². The summed E-state index contributed by atoms with van der Waals surface area (Å²) >= 11 is 0. The fourth-order valence-electron chi connectivity index (χ4n) is 1.84. The van der Waals surface area contributed by atoms with E-state index in [0.29, 0.717) is 5.82 Å². The molecule has 0 saturated heterocycles. The van der Waals surface area contributed by atoms with Gasteiger partial charge in [0.1, 0.15) is 17.2 Å². The summed E-state index contributed by atoms with van der Waals surface area (Å²) in [7, 11) is 0. The van der Waals surface area contributed by atoms with Crippen molar-refractivity contribution < 1.29 is 9.90 Å². The fraction of sp³-hybridized carbons (Fsp3) is 0.214. The van der Waals surface area contributed by atoms with E-state index in [4.69, 9.17) is 10.8 Å². The highest BCUT2D eigenvalue weighted by Crippen LogP contribution is 2.29. The molecule has 3 N–H and O–H groups in total. The van der Waals surface area contributed by atoms with Crippen LogP contribution in [0, 0.1) is 0 Å². The summed E-state index contributed by atoms with van der Waals surface area (Å²) in [6.07, 6.45) is 1.25. The first-order valence-electron chi connectivity index (χ1n) is 5.84. The van der Waals surface area contributed by atoms with Crippen LogP contribution < -0.4 is 5.73 Å². The summed E-state index contributed by atoms with van der Waals surface area (Å²) in [5, 5.41) is 8.92. The maximum absolute atomic E-state index is 10.9. The number of aromatic carboxylic acids is 1. The summed E-state index contributed by atoms with van der Waals surface area (Å²) in [6, 6.07) is 9.76. The van der Waals surface area contributed by atoms with Gasteiger partial charge in [0.05, 0.1) is 0 Å². The molecule has 0 saturated carbocycles. The number of carboxylic acid groups (broad SMARTS) is 1. The van der Waals surface area contributed by atoms with E-state index in [9.17, 15) is 4.79 Å². The number of rotatable bonds is 3. The van der Waals surface area contributed by atoms with Crippen LogP contribution in [0.1, 0.15) is 35.6 Å². The smallest absolute Gasteiger partial charge is 0.341 e. The van der Waals surface area contributed by atoms with E-state index < -0.39 is 11.4 Å². The summed E-state index contributed by atoms with van der Waals surface area (Å²) in [6.45, 7) is 3.94. The molecule has 0 aliphatic carbocycles. The Morgan fingerprint density at radius 2 is 1.89 bits per heavy atom. The van der Waals surface area contributed by atoms with Crippen LogP contribution in [-0.4, -0.2) is 21.0 Å². The van der Waals surface area contributed by atoms with Crippen molar-refractivity contribution in [2.24, 2.45) is 0 Å². The van der Waals surface area contributed by atoms with Gasteiger partial charge in [-0.15, -0.1) is 0 Å². The lowest BCUT2D eigenvalue weighted by molar-refractivity contribution is 0.0697. The third-order valence-corrected chi connectivity index (χ3v) is 3.10. The second-order valence-electron chi connectivity index (χ2n) is 4.79. The average Bonchev–Trinajstić information content (AvgIpc) is 2.39. The largest absolute Gasteiger partial charge is 0.477 e. The first-order chi connectivity index (χ1) is 8.93. The third-order valence-electron chi connectivity index (χ3n) is 3.10. The second-order valence-corrected chi connectivity index (χ2v) is 4.79. The van der Waals surface area contributed by atoms with Crippen molar-refractivity contribution in [3.8, 4) is 0 Å². The molecule has 5 heteroatoms. The van der Waals surface area contributed by atoms with Gasteiger partial charge in [0.15, 0.2) is 0 Å². The Balaban J connectivity index is 2.47. The molecule has 2 aromatic rings. The highest BCUT2D eigenvalue weighted by molar-refractivity contribution is 5.92. The van der Waals surface area contributed by atoms with E-state index in [-0.39, 0.29) is 11.4 Å². The normalized spacial score (nSPS) is 11.3. The van der Waals surface area contributed by atoms with E-state index in [1.165, 1.54) is 6.20 Å². The summed E-state index contributed by atoms with van der Waals surface area (Å²) in [4.78, 5) is 19.2. The van der Waals surface area contributed by atoms with Crippen molar-refractivity contribution in [1.29, 1.82) is 0 Å². The maximum atomic E-state index is 10.9. The predicted octanol–water partition coefficient (Wildman–Crippen LogP) is 2.08. The Morgan fingerprint density at radius 3 is 2.42 bits per heavy atom. The molecule has 1 aromatic carbocycles. The number of aromatic nitrogens is 2. The van der Waals surface area contributed by atoms with Gasteiger partial charge in [0.2, 0.25) is 0 Å². The zero-order valence-electron chi connectivity index (χ0n) is 10.8. The van der Waals surface area contributed by atoms with Crippen LogP contribution in [0.3, 0.4) is 0 Å². The standard InChI is InChI=1S/C14H15N3O2/c1-14(2,9-6-4-3-5-7-9)13-16-8-10(12(18)19)11(15)17-13/h3-8H,1-2H3,(H,18,19)(H2,15,16,17). The van der Waals surface area contributed by atoms with Crippen LogP contribution in [0.4, 0.5) is 5.82 Å². The lowest BCUT2D eigenvalue weighted by atomic mass is 9.84. The number of hydrogen-bond acceptors (Lipinski definition) is 4. The minimum atomic E-state index is -1.12. The summed E-state index contributed by atoms with van der Waals surface area (Å²) < 4.78 is 0. The van der Waals surface area contributed by atoms with Crippen molar-refractivity contribution in [3.05, 3.63) is 53.5 Å². The Bertz CT molecular complexity index is 609. The average molecular weight is 257 g/mol. The van der Waals surface area contributed by atoms with Gasteiger partial charge in [-0.05, 0) is 19.4 Å². The molecule has 19 heavy (non-hydrogen) atoms. The van der Waals surface area contributed by atoms with Crippen LogP contribution >= 0.6 is 0 Å². The molecule has 0 unspecified atom stereocenters. The zero-order chi connectivity index (χ0) is 14.0. The first-order valence-corrected chi connectivity index (χ1v) is 5.84. The van der Waals surface area contributed by atoms with Gasteiger partial charge in [-0.3, -0.25) is 0 Å². The van der Waals surface area contributed by atoms with Gasteiger partial charge in [0, 0.05) is 11.6 Å². The number of nitrogens with two attached hydrogens (primary N) is 1. The maximum Gasteiger partial charge on any atom is 0.341 e. The van der Waals surface area contributed by atoms with Crippen LogP contribution in [0.5, 0.6) is 0 Å². The molecule has 98 valence electrons. The quantitative estimate of drug-likeness (QED) is 0.878. The van der Waals surface area contributed by atoms with Gasteiger partial charge in [-0.1, -0.05) is 30.3 Å². The van der Waals surface area contributed by atoms with E-state index in [0.717, 1.165) is 5.56 Å². The summed E-state index contributed by atoms with van der Waals surface area (Å²) in [5.74, 6) is -0.635. The molecule has 1 heterocycles. The molecule has 2 rings (SSSR count). The molecule has 0 aliphatic rings. The Kier molecular flexibility index (Phi) is 3.21. The van der Waals surface area contributed by atoms with Gasteiger partial charge in [-0.25, -0.2) is 14.8 Å². The first kappa shape index (κ1) is 13.0. The number of hydrogen-bond donors (Lipinski definition) is 2. The van der Waals surface area contributed by atoms with Crippen molar-refractivity contribution in [2.45, 2.75) is 19.3 Å². The lowest BCUT2D eigenvalue weighted by Gasteiger charge is -2.23. The van der Waals surface area contributed by atoms with Gasteiger partial charge >= 0.3 is 5.97 Å². The Hall–Kier alpha value is -2.43. The van der Waals surface area contributed by atoms with Gasteiger partial charge in [-0.2, -0.15) is 0 Å². The molecule has 0 atom stereocenters. The molecule has 5 nitrogen and oxygen atoms in total. The number of benzene rings is 1. The van der Waals surface area contributed by atoms with Gasteiger partial charge < -0.3 is 10.8 Å². The second kappa shape index (κ2) is 4.68. The van der Waals surface area contributed by atoms with Crippen molar-refractivity contribution in [1.82, 2.24) is 9.97 Å². The number of nitrogens with zero attached hydrogens (tertiary/aromatic N) is 2. The molecule has 1 aromatic heterocycles. The van der Waals surface area contributed by atoms with E-state index in [1.807, 2.05) is 44.2 Å². The molecule has 0 radical (unpaired) electrons. The highest BCUT2D eigenvalue weighted by atomic mass is 16.4. The minimum Gasteiger partial charge on any atom is -0.477 e. The monoisotopic (exact) mass is 257 g/mol. The molecule has 0 fully saturated rings. The predicted molar refractivity (Wildman–Crippen MR) is 72.0 cm³/mol. The SMILES string of the molecule is CC(C)(c1ccccc1)c1ncc(C(=O)O)c(N)n1. The number of carbonyl (C=O) groups is 1. The molecule has 0 spiro atoms. The topological polar surface area (TPSA) is 89.1 Å². The number of carboxylic acids is 1. The fourth-order valence-corrected chi connectivity index (χ4v) is 1.84. The molecule has 0 amide bonds. The number of anilines is 1. The Morgan fingerprint density at radius 1 is 1.26 bits per heavy atom. The molecular weight excluding hydrogens is 242 g/mol. The van der Waals surface area contributed by atoms with E-state index in [2.05, 4.69) is 9.97 Å². The van der Waals surface area contributed by atoms with Crippen LogP contribution in [0.15, 0.2) is 36.5 Å². The van der Waals surface area contributed by atoms with Crippen molar-refractivity contribution in [3.63, 3.8) is 0 Å². The molecular formula is C14H15N3O2. The van der Waals surface area contributed by atoms with E-state index >= 15 is 0 Å². The molecule has 0 aliphatic heterocycles. The van der Waals surface area contributed by atoms with Crippen LogP contribution in [0.2, 0.25) is 0 Å². The Labute approximate surface area is 111 Å². The lowest BCUT2D eigenvalue weighted by Crippen LogP contribution is -2.23.